The summed E-state index contributed by atoms with van der Waals surface area (Å²) in [4.78, 5) is 23.1. The van der Waals surface area contributed by atoms with Gasteiger partial charge in [-0.1, -0.05) is 30.3 Å². The molecule has 5 heteroatoms. The van der Waals surface area contributed by atoms with E-state index in [-0.39, 0.29) is 5.54 Å². The quantitative estimate of drug-likeness (QED) is 0.777. The van der Waals surface area contributed by atoms with Crippen LogP contribution in [0.15, 0.2) is 30.3 Å². The third-order valence-corrected chi connectivity index (χ3v) is 3.53. The van der Waals surface area contributed by atoms with Crippen LogP contribution in [0.5, 0.6) is 0 Å². The van der Waals surface area contributed by atoms with E-state index in [1.165, 1.54) is 0 Å². The topological polar surface area (TPSA) is 78.4 Å². The fourth-order valence-corrected chi connectivity index (χ4v) is 2.21. The second kappa shape index (κ2) is 5.30. The lowest BCUT2D eigenvalue weighted by molar-refractivity contribution is -0.139. The summed E-state index contributed by atoms with van der Waals surface area (Å²) in [6.45, 7) is 1.97. The molecule has 0 spiro atoms. The molecule has 0 aliphatic heterocycles. The predicted octanol–water partition coefficient (Wildman–Crippen LogP) is 2.05. The largest absolute Gasteiger partial charge is 0.479 e. The van der Waals surface area contributed by atoms with E-state index in [0.29, 0.717) is 5.56 Å². The highest BCUT2D eigenvalue weighted by atomic mass is 16.4. The Morgan fingerprint density at radius 1 is 1.26 bits per heavy atom. The van der Waals surface area contributed by atoms with Crippen molar-refractivity contribution in [2.24, 2.45) is 0 Å². The maximum atomic E-state index is 11.9. The normalized spacial score (nSPS) is 17.9. The molecule has 102 valence electrons. The third kappa shape index (κ3) is 3.24. The minimum absolute atomic E-state index is 0.191. The molecular formula is C14H18N2O3. The summed E-state index contributed by atoms with van der Waals surface area (Å²) in [6, 6.07) is 7.21. The van der Waals surface area contributed by atoms with E-state index in [1.54, 1.807) is 30.3 Å². The predicted molar refractivity (Wildman–Crippen MR) is 70.7 cm³/mol. The summed E-state index contributed by atoms with van der Waals surface area (Å²) in [6.07, 6.45) is 2.96. The van der Waals surface area contributed by atoms with E-state index >= 15 is 0 Å². The fourth-order valence-electron chi connectivity index (χ4n) is 2.21. The summed E-state index contributed by atoms with van der Waals surface area (Å²) < 4.78 is 0. The first-order valence-corrected chi connectivity index (χ1v) is 6.37. The highest BCUT2D eigenvalue weighted by Crippen LogP contribution is 2.30. The van der Waals surface area contributed by atoms with Crippen LogP contribution < -0.4 is 10.6 Å². The summed E-state index contributed by atoms with van der Waals surface area (Å²) in [5.41, 5.74) is 0.369. The Hall–Kier alpha value is -2.04. The molecule has 1 aliphatic carbocycles. The molecule has 1 fully saturated rings. The Morgan fingerprint density at radius 3 is 2.37 bits per heavy atom. The van der Waals surface area contributed by atoms with Crippen LogP contribution in [0.2, 0.25) is 0 Å². The molecule has 1 saturated carbocycles. The fraction of sp³-hybridized carbons (Fsp3) is 0.429. The van der Waals surface area contributed by atoms with Crippen LogP contribution in [0.4, 0.5) is 4.79 Å². The smallest absolute Gasteiger partial charge is 0.330 e. The van der Waals surface area contributed by atoms with Gasteiger partial charge in [0.2, 0.25) is 0 Å². The highest BCUT2D eigenvalue weighted by molar-refractivity contribution is 5.84. The number of amides is 2. The van der Waals surface area contributed by atoms with Crippen LogP contribution in [0.25, 0.3) is 0 Å². The Bertz CT molecular complexity index is 469. The first-order valence-electron chi connectivity index (χ1n) is 6.37. The summed E-state index contributed by atoms with van der Waals surface area (Å²) >= 11 is 0. The zero-order valence-electron chi connectivity index (χ0n) is 10.8. The monoisotopic (exact) mass is 262 g/mol. The van der Waals surface area contributed by atoms with Gasteiger partial charge in [0, 0.05) is 5.54 Å². The second-order valence-corrected chi connectivity index (χ2v) is 5.19. The molecular weight excluding hydrogens is 244 g/mol. The molecule has 1 atom stereocenters. The molecule has 3 N–H and O–H groups in total. The average Bonchev–Trinajstić information content (AvgIpc) is 2.35. The standard InChI is InChI=1S/C14H18N2O3/c1-14(8-5-9-14)16-13(19)15-11(12(17)18)10-6-3-2-4-7-10/h2-4,6-7,11H,5,8-9H2,1H3,(H,17,18)(H2,15,16,19)/t11-/m0/s1. The number of hydrogen-bond donors (Lipinski definition) is 3. The van der Waals surface area contributed by atoms with Gasteiger partial charge >= 0.3 is 12.0 Å². The van der Waals surface area contributed by atoms with Crippen LogP contribution in [0, 0.1) is 0 Å². The minimum atomic E-state index is -1.07. The van der Waals surface area contributed by atoms with Crippen LogP contribution in [-0.2, 0) is 4.79 Å². The molecule has 0 heterocycles. The zero-order valence-corrected chi connectivity index (χ0v) is 10.8. The van der Waals surface area contributed by atoms with Gasteiger partial charge in [0.15, 0.2) is 6.04 Å². The zero-order chi connectivity index (χ0) is 13.9. The van der Waals surface area contributed by atoms with Crippen LogP contribution in [0.3, 0.4) is 0 Å². The number of hydrogen-bond acceptors (Lipinski definition) is 2. The van der Waals surface area contributed by atoms with Gasteiger partial charge in [-0.25, -0.2) is 9.59 Å². The number of aliphatic carboxylic acids is 1. The number of carbonyl (C=O) groups is 2. The lowest BCUT2D eigenvalue weighted by Gasteiger charge is -2.39. The molecule has 1 aliphatic rings. The maximum absolute atomic E-state index is 11.9. The van der Waals surface area contributed by atoms with Gasteiger partial charge in [0.25, 0.3) is 0 Å². The minimum Gasteiger partial charge on any atom is -0.479 e. The van der Waals surface area contributed by atoms with Crippen molar-refractivity contribution in [3.63, 3.8) is 0 Å². The van der Waals surface area contributed by atoms with E-state index in [9.17, 15) is 14.7 Å². The van der Waals surface area contributed by atoms with Crippen LogP contribution in [-0.4, -0.2) is 22.6 Å². The molecule has 2 amide bonds. The number of carboxylic acids is 1. The van der Waals surface area contributed by atoms with Crippen molar-refractivity contribution in [2.75, 3.05) is 0 Å². The summed E-state index contributed by atoms with van der Waals surface area (Å²) in [5.74, 6) is -1.07. The molecule has 0 radical (unpaired) electrons. The van der Waals surface area contributed by atoms with Crippen LogP contribution >= 0.6 is 0 Å². The number of carbonyl (C=O) groups excluding carboxylic acids is 1. The second-order valence-electron chi connectivity index (χ2n) is 5.19. The summed E-state index contributed by atoms with van der Waals surface area (Å²) in [7, 11) is 0. The van der Waals surface area contributed by atoms with Gasteiger partial charge in [-0.15, -0.1) is 0 Å². The SMILES string of the molecule is CC1(NC(=O)N[C@H](C(=O)O)c2ccccc2)CCC1. The van der Waals surface area contributed by atoms with Crippen molar-refractivity contribution in [3.05, 3.63) is 35.9 Å². The van der Waals surface area contributed by atoms with Crippen molar-refractivity contribution < 1.29 is 14.7 Å². The van der Waals surface area contributed by atoms with Crippen LogP contribution in [0.1, 0.15) is 37.8 Å². The van der Waals surface area contributed by atoms with Crippen molar-refractivity contribution in [1.82, 2.24) is 10.6 Å². The molecule has 0 unspecified atom stereocenters. The van der Waals surface area contributed by atoms with Gasteiger partial charge in [-0.2, -0.15) is 0 Å². The van der Waals surface area contributed by atoms with Crippen molar-refractivity contribution in [1.29, 1.82) is 0 Å². The molecule has 0 aromatic heterocycles. The molecule has 1 aromatic rings. The lowest BCUT2D eigenvalue weighted by Crippen LogP contribution is -2.55. The molecule has 0 saturated heterocycles. The van der Waals surface area contributed by atoms with Gasteiger partial charge in [0.05, 0.1) is 0 Å². The lowest BCUT2D eigenvalue weighted by atomic mass is 9.79. The molecule has 2 rings (SSSR count). The number of carboxylic acid groups (broad SMARTS) is 1. The Balaban J connectivity index is 2.01. The van der Waals surface area contributed by atoms with E-state index in [2.05, 4.69) is 10.6 Å². The highest BCUT2D eigenvalue weighted by Gasteiger charge is 2.34. The van der Waals surface area contributed by atoms with Gasteiger partial charge in [0.1, 0.15) is 0 Å². The number of rotatable bonds is 4. The Morgan fingerprint density at radius 2 is 1.89 bits per heavy atom. The number of benzene rings is 1. The van der Waals surface area contributed by atoms with E-state index < -0.39 is 18.0 Å². The molecule has 19 heavy (non-hydrogen) atoms. The van der Waals surface area contributed by atoms with Crippen molar-refractivity contribution in [3.8, 4) is 0 Å². The molecule has 0 bridgehead atoms. The first-order chi connectivity index (χ1) is 9.00. The van der Waals surface area contributed by atoms with Crippen molar-refractivity contribution >= 4 is 12.0 Å². The number of nitrogens with one attached hydrogen (secondary N) is 2. The first kappa shape index (κ1) is 13.4. The van der Waals surface area contributed by atoms with Crippen molar-refractivity contribution in [2.45, 2.75) is 37.8 Å². The Kier molecular flexibility index (Phi) is 3.74. The third-order valence-electron chi connectivity index (χ3n) is 3.53. The molecule has 1 aromatic carbocycles. The average molecular weight is 262 g/mol. The maximum Gasteiger partial charge on any atom is 0.330 e. The van der Waals surface area contributed by atoms with Gasteiger partial charge in [-0.3, -0.25) is 0 Å². The number of urea groups is 1. The van der Waals surface area contributed by atoms with Gasteiger partial charge in [-0.05, 0) is 31.7 Å². The van der Waals surface area contributed by atoms with E-state index in [4.69, 9.17) is 0 Å². The van der Waals surface area contributed by atoms with E-state index in [0.717, 1.165) is 19.3 Å². The Labute approximate surface area is 112 Å². The van der Waals surface area contributed by atoms with E-state index in [1.807, 2.05) is 6.92 Å². The summed E-state index contributed by atoms with van der Waals surface area (Å²) in [5, 5.41) is 14.5. The van der Waals surface area contributed by atoms with Gasteiger partial charge < -0.3 is 15.7 Å². The molecule has 5 nitrogen and oxygen atoms in total.